The second-order valence-corrected chi connectivity index (χ2v) is 10.6. The van der Waals surface area contributed by atoms with Crippen LogP contribution in [0.25, 0.3) is 0 Å². The van der Waals surface area contributed by atoms with E-state index in [-0.39, 0.29) is 22.8 Å². The summed E-state index contributed by atoms with van der Waals surface area (Å²) in [7, 11) is -0.542. The number of methoxy groups -OCH3 is 1. The van der Waals surface area contributed by atoms with Crippen LogP contribution < -0.4 is 37.6 Å². The third-order valence-electron chi connectivity index (χ3n) is 5.38. The number of carbonyl (C=O) groups excluding carboxylic acids is 1. The van der Waals surface area contributed by atoms with E-state index < -0.39 is 7.26 Å². The summed E-state index contributed by atoms with van der Waals surface area (Å²) in [6.45, 7) is 0. The quantitative estimate of drug-likeness (QED) is 0.292. The van der Waals surface area contributed by atoms with E-state index in [1.807, 2.05) is 42.5 Å². The molecule has 0 N–H and O–H groups in total. The maximum atomic E-state index is 13.6. The van der Waals surface area contributed by atoms with Crippen molar-refractivity contribution in [2.75, 3.05) is 13.3 Å². The number of halogens is 1. The molecule has 0 fully saturated rings. The lowest BCUT2D eigenvalue weighted by molar-refractivity contribution is -0.0000139. The average Bonchev–Trinajstić information content (AvgIpc) is 2.84. The fourth-order valence-electron chi connectivity index (χ4n) is 3.85. The monoisotopic (exact) mass is 490 g/mol. The van der Waals surface area contributed by atoms with Gasteiger partial charge in [0.25, 0.3) is 0 Å². The summed E-state index contributed by atoms with van der Waals surface area (Å²) in [6.07, 6.45) is 0.442. The molecule has 0 saturated carbocycles. The van der Waals surface area contributed by atoms with Crippen LogP contribution >= 0.6 is 7.26 Å². The van der Waals surface area contributed by atoms with Crippen molar-refractivity contribution >= 4 is 29.0 Å². The number of rotatable bonds is 7. The van der Waals surface area contributed by atoms with Crippen LogP contribution in [0.3, 0.4) is 0 Å². The zero-order chi connectivity index (χ0) is 20.8. The van der Waals surface area contributed by atoms with Gasteiger partial charge in [-0.1, -0.05) is 54.6 Å². The molecule has 0 aliphatic rings. The molecule has 0 spiro atoms. The van der Waals surface area contributed by atoms with Gasteiger partial charge in [0.15, 0.2) is 0 Å². The van der Waals surface area contributed by atoms with Crippen molar-refractivity contribution < 1.29 is 26.5 Å². The topological polar surface area (TPSA) is 26.3 Å². The smallest absolute Gasteiger partial charge is 0.201 e. The molecule has 156 valence electrons. The summed E-state index contributed by atoms with van der Waals surface area (Å²) in [5, 5.41) is 3.64. The molecule has 4 rings (SSSR count). The lowest BCUT2D eigenvalue weighted by atomic mass is 10.1. The standard InChI is InChI=1S/C27H24O2P.BrH/c1-29-23-19-17-22(18-20-23)27(28)21-30(24-11-5-2-6-12-24,25-13-7-3-8-14-25)26-15-9-4-10-16-26;/h2-20H,21H2,1H3;1H/q+1;/p-1. The maximum absolute atomic E-state index is 13.6. The van der Waals surface area contributed by atoms with Gasteiger partial charge in [-0.25, -0.2) is 0 Å². The largest absolute Gasteiger partial charge is 1.00 e. The number of benzene rings is 4. The molecule has 0 atom stereocenters. The van der Waals surface area contributed by atoms with Crippen LogP contribution in [-0.2, 0) is 0 Å². The van der Waals surface area contributed by atoms with Crippen molar-refractivity contribution in [3.63, 3.8) is 0 Å². The van der Waals surface area contributed by atoms with Gasteiger partial charge in [-0.3, -0.25) is 4.79 Å². The van der Waals surface area contributed by atoms with Crippen molar-refractivity contribution in [2.45, 2.75) is 0 Å². The van der Waals surface area contributed by atoms with Gasteiger partial charge < -0.3 is 21.7 Å². The van der Waals surface area contributed by atoms with Gasteiger partial charge in [0.1, 0.15) is 35.1 Å². The molecular weight excluding hydrogens is 467 g/mol. The molecule has 0 saturated heterocycles. The van der Waals surface area contributed by atoms with E-state index in [0.29, 0.717) is 11.7 Å². The third kappa shape index (κ3) is 4.79. The summed E-state index contributed by atoms with van der Waals surface area (Å²) in [5.41, 5.74) is 0.711. The number of carbonyl (C=O) groups is 1. The molecule has 4 aromatic carbocycles. The van der Waals surface area contributed by atoms with Crippen LogP contribution in [0.15, 0.2) is 115 Å². The second kappa shape index (κ2) is 10.5. The van der Waals surface area contributed by atoms with Crippen LogP contribution in [0.1, 0.15) is 10.4 Å². The molecule has 0 radical (unpaired) electrons. The van der Waals surface area contributed by atoms with E-state index in [4.69, 9.17) is 4.74 Å². The molecule has 4 aromatic rings. The zero-order valence-electron chi connectivity index (χ0n) is 17.3. The Hall–Kier alpha value is -2.74. The molecule has 4 heteroatoms. The van der Waals surface area contributed by atoms with Crippen LogP contribution in [0.2, 0.25) is 0 Å². The molecule has 0 aliphatic heterocycles. The van der Waals surface area contributed by atoms with E-state index in [0.717, 1.165) is 5.75 Å². The van der Waals surface area contributed by atoms with E-state index in [1.54, 1.807) is 7.11 Å². The highest BCUT2D eigenvalue weighted by Crippen LogP contribution is 2.55. The summed E-state index contributed by atoms with van der Waals surface area (Å²) in [4.78, 5) is 13.6. The van der Waals surface area contributed by atoms with Crippen molar-refractivity contribution in [1.29, 1.82) is 0 Å². The number of hydrogen-bond acceptors (Lipinski definition) is 2. The van der Waals surface area contributed by atoms with Crippen LogP contribution in [0, 0.1) is 0 Å². The summed E-state index contributed by atoms with van der Waals surface area (Å²) in [5.74, 6) is 0.893. The maximum Gasteiger partial charge on any atom is 0.201 e. The molecule has 0 aromatic heterocycles. The van der Waals surface area contributed by atoms with Gasteiger partial charge in [0.2, 0.25) is 5.78 Å². The zero-order valence-corrected chi connectivity index (χ0v) is 19.8. The Balaban J connectivity index is 0.00000272. The lowest BCUT2D eigenvalue weighted by Crippen LogP contribution is -3.00. The number of hydrogen-bond donors (Lipinski definition) is 0. The summed E-state index contributed by atoms with van der Waals surface area (Å²) in [6, 6.07) is 38.8. The Labute approximate surface area is 195 Å². The number of ketones is 1. The Kier molecular flexibility index (Phi) is 7.79. The van der Waals surface area contributed by atoms with Gasteiger partial charge in [0.05, 0.1) is 7.11 Å². The highest BCUT2D eigenvalue weighted by molar-refractivity contribution is 7.96. The van der Waals surface area contributed by atoms with Crippen molar-refractivity contribution in [2.24, 2.45) is 0 Å². The molecule has 0 heterocycles. The normalized spacial score (nSPS) is 10.7. The predicted molar refractivity (Wildman–Crippen MR) is 127 cm³/mol. The van der Waals surface area contributed by atoms with E-state index >= 15 is 0 Å². The van der Waals surface area contributed by atoms with Crippen molar-refractivity contribution in [1.82, 2.24) is 0 Å². The Morgan fingerprint density at radius 1 is 0.645 bits per heavy atom. The van der Waals surface area contributed by atoms with Crippen molar-refractivity contribution in [3.8, 4) is 5.75 Å². The van der Waals surface area contributed by atoms with Crippen LogP contribution in [-0.4, -0.2) is 19.1 Å². The van der Waals surface area contributed by atoms with Gasteiger partial charge in [-0.2, -0.15) is 0 Å². The van der Waals surface area contributed by atoms with Crippen LogP contribution in [0.4, 0.5) is 0 Å². The predicted octanol–water partition coefficient (Wildman–Crippen LogP) is 1.88. The highest BCUT2D eigenvalue weighted by atomic mass is 79.9. The lowest BCUT2D eigenvalue weighted by Gasteiger charge is -2.27. The molecule has 0 aliphatic carbocycles. The molecule has 0 amide bonds. The number of Topliss-reactive ketones (excluding diaryl/α,β-unsaturated/α-hetero) is 1. The van der Waals surface area contributed by atoms with Gasteiger partial charge >= 0.3 is 0 Å². The first kappa shape index (κ1) is 22.9. The summed E-state index contributed by atoms with van der Waals surface area (Å²) >= 11 is 0. The minimum Gasteiger partial charge on any atom is -1.00 e. The minimum absolute atomic E-state index is 0. The first-order chi connectivity index (χ1) is 14.7. The summed E-state index contributed by atoms with van der Waals surface area (Å²) < 4.78 is 5.25. The SMILES string of the molecule is COc1ccc(C(=O)C[P+](c2ccccc2)(c2ccccc2)c2ccccc2)cc1.[Br-]. The van der Waals surface area contributed by atoms with Crippen LogP contribution in [0.5, 0.6) is 5.75 Å². The number of ether oxygens (including phenoxy) is 1. The third-order valence-corrected chi connectivity index (χ3v) is 9.68. The Morgan fingerprint density at radius 3 is 1.39 bits per heavy atom. The van der Waals surface area contributed by atoms with E-state index in [9.17, 15) is 4.79 Å². The van der Waals surface area contributed by atoms with Crippen molar-refractivity contribution in [3.05, 3.63) is 121 Å². The molecule has 31 heavy (non-hydrogen) atoms. The Bertz CT molecular complexity index is 1000. The first-order valence-corrected chi connectivity index (χ1v) is 11.9. The first-order valence-electron chi connectivity index (χ1n) is 9.96. The molecule has 0 bridgehead atoms. The van der Waals surface area contributed by atoms with Gasteiger partial charge in [-0.15, -0.1) is 0 Å². The van der Waals surface area contributed by atoms with Gasteiger partial charge in [-0.05, 0) is 60.7 Å². The fourth-order valence-corrected chi connectivity index (χ4v) is 7.95. The second-order valence-electron chi connectivity index (χ2n) is 7.13. The molecule has 0 unspecified atom stereocenters. The fraction of sp³-hybridized carbons (Fsp3) is 0.0741. The highest BCUT2D eigenvalue weighted by Gasteiger charge is 2.47. The minimum atomic E-state index is -2.17. The van der Waals surface area contributed by atoms with E-state index in [1.165, 1.54) is 15.9 Å². The van der Waals surface area contributed by atoms with E-state index in [2.05, 4.69) is 72.8 Å². The Morgan fingerprint density at radius 2 is 1.03 bits per heavy atom. The van der Waals surface area contributed by atoms with Gasteiger partial charge in [0, 0.05) is 5.56 Å². The average molecular weight is 491 g/mol. The molecular formula is C27H24BrO2P. The molecule has 2 nitrogen and oxygen atoms in total.